The van der Waals surface area contributed by atoms with Gasteiger partial charge in [-0.2, -0.15) is 0 Å². The van der Waals surface area contributed by atoms with Gasteiger partial charge in [0.05, 0.1) is 33.5 Å². The van der Waals surface area contributed by atoms with Crippen LogP contribution < -0.4 is 14.4 Å². The molecule has 0 saturated carbocycles. The summed E-state index contributed by atoms with van der Waals surface area (Å²) < 4.78 is 16.2. The summed E-state index contributed by atoms with van der Waals surface area (Å²) in [5, 5.41) is 10.3. The van der Waals surface area contributed by atoms with E-state index in [2.05, 4.69) is 34.1 Å². The fourth-order valence-electron chi connectivity index (χ4n) is 3.46. The van der Waals surface area contributed by atoms with E-state index in [4.69, 9.17) is 14.2 Å². The van der Waals surface area contributed by atoms with Crippen LogP contribution in [0.4, 0.5) is 5.69 Å². The molecule has 2 aromatic carbocycles. The number of ether oxygens (including phenoxy) is 3. The Morgan fingerprint density at radius 3 is 2.32 bits per heavy atom. The van der Waals surface area contributed by atoms with Crippen molar-refractivity contribution in [3.8, 4) is 11.5 Å². The fraction of sp³-hybridized carbons (Fsp3) is 0.455. The van der Waals surface area contributed by atoms with Gasteiger partial charge in [-0.05, 0) is 29.8 Å². The molecule has 3 rings (SSSR count). The van der Waals surface area contributed by atoms with Crippen molar-refractivity contribution < 1.29 is 19.3 Å². The molecule has 0 radical (unpaired) electrons. The van der Waals surface area contributed by atoms with Crippen molar-refractivity contribution in [3.63, 3.8) is 0 Å². The molecule has 1 heterocycles. The van der Waals surface area contributed by atoms with Crippen LogP contribution in [0, 0.1) is 0 Å². The second-order valence-corrected chi connectivity index (χ2v) is 6.98. The van der Waals surface area contributed by atoms with Gasteiger partial charge in [0.1, 0.15) is 0 Å². The number of nitrogens with zero attached hydrogens (tertiary/aromatic N) is 2. The lowest BCUT2D eigenvalue weighted by molar-refractivity contribution is 0.00909. The third-order valence-electron chi connectivity index (χ3n) is 4.99. The Morgan fingerprint density at radius 2 is 1.64 bits per heavy atom. The molecule has 152 valence electrons. The zero-order valence-corrected chi connectivity index (χ0v) is 16.7. The van der Waals surface area contributed by atoms with E-state index in [1.54, 1.807) is 14.2 Å². The van der Waals surface area contributed by atoms with Gasteiger partial charge in [-0.3, -0.25) is 4.90 Å². The Morgan fingerprint density at radius 1 is 0.929 bits per heavy atom. The average Bonchev–Trinajstić information content (AvgIpc) is 2.74. The van der Waals surface area contributed by atoms with Gasteiger partial charge < -0.3 is 24.2 Å². The Bertz CT molecular complexity index is 718. The lowest BCUT2D eigenvalue weighted by Gasteiger charge is -2.36. The van der Waals surface area contributed by atoms with Gasteiger partial charge in [0.15, 0.2) is 11.5 Å². The molecule has 6 nitrogen and oxygen atoms in total. The van der Waals surface area contributed by atoms with Gasteiger partial charge in [-0.25, -0.2) is 0 Å². The molecule has 1 atom stereocenters. The zero-order chi connectivity index (χ0) is 19.8. The van der Waals surface area contributed by atoms with Crippen LogP contribution in [0.2, 0.25) is 0 Å². The molecule has 0 aliphatic carbocycles. The second-order valence-electron chi connectivity index (χ2n) is 6.98. The molecule has 0 amide bonds. The second kappa shape index (κ2) is 10.3. The van der Waals surface area contributed by atoms with E-state index in [-0.39, 0.29) is 0 Å². The van der Waals surface area contributed by atoms with E-state index >= 15 is 0 Å². The molecule has 1 aliphatic rings. The first-order valence-electron chi connectivity index (χ1n) is 9.68. The van der Waals surface area contributed by atoms with Gasteiger partial charge in [0.2, 0.25) is 0 Å². The minimum absolute atomic E-state index is 0.313. The highest BCUT2D eigenvalue weighted by molar-refractivity contribution is 5.46. The van der Waals surface area contributed by atoms with Crippen molar-refractivity contribution in [1.82, 2.24) is 4.90 Å². The first-order valence-corrected chi connectivity index (χ1v) is 9.68. The van der Waals surface area contributed by atoms with Crippen molar-refractivity contribution in [2.75, 3.05) is 58.5 Å². The van der Waals surface area contributed by atoms with Crippen molar-refractivity contribution in [3.05, 3.63) is 54.1 Å². The third kappa shape index (κ3) is 5.61. The van der Waals surface area contributed by atoms with Gasteiger partial charge in [0.25, 0.3) is 0 Å². The standard InChI is InChI=1S/C22H30N2O4/c1-26-21-9-8-18(14-22(21)27-2)16-28-17-20(25)15-23-10-12-24(13-11-23)19-6-4-3-5-7-19/h3-9,14,20,25H,10-13,15-17H2,1-2H3/t20-/m1/s1. The number of hydrogen-bond donors (Lipinski definition) is 1. The number of piperazine rings is 1. The summed E-state index contributed by atoms with van der Waals surface area (Å²) in [6.07, 6.45) is -0.497. The van der Waals surface area contributed by atoms with E-state index in [0.29, 0.717) is 31.3 Å². The zero-order valence-electron chi connectivity index (χ0n) is 16.7. The Kier molecular flexibility index (Phi) is 7.54. The Hall–Kier alpha value is -2.28. The molecule has 0 unspecified atom stereocenters. The van der Waals surface area contributed by atoms with Crippen LogP contribution in [0.1, 0.15) is 5.56 Å². The molecule has 0 bridgehead atoms. The molecule has 1 saturated heterocycles. The first kappa shape index (κ1) is 20.5. The molecular weight excluding hydrogens is 356 g/mol. The van der Waals surface area contributed by atoms with Gasteiger partial charge >= 0.3 is 0 Å². The third-order valence-corrected chi connectivity index (χ3v) is 4.99. The molecule has 2 aromatic rings. The molecule has 1 fully saturated rings. The van der Waals surface area contributed by atoms with E-state index in [1.165, 1.54) is 5.69 Å². The number of aliphatic hydroxyl groups excluding tert-OH is 1. The summed E-state index contributed by atoms with van der Waals surface area (Å²) in [5.41, 5.74) is 2.25. The number of anilines is 1. The predicted molar refractivity (Wildman–Crippen MR) is 110 cm³/mol. The fourth-order valence-corrected chi connectivity index (χ4v) is 3.46. The largest absolute Gasteiger partial charge is 0.493 e. The maximum Gasteiger partial charge on any atom is 0.161 e. The molecule has 6 heteroatoms. The maximum atomic E-state index is 10.3. The molecule has 0 aromatic heterocycles. The van der Waals surface area contributed by atoms with Crippen LogP contribution in [-0.2, 0) is 11.3 Å². The summed E-state index contributed by atoms with van der Waals surface area (Å²) in [6.45, 7) is 5.22. The summed E-state index contributed by atoms with van der Waals surface area (Å²) in [7, 11) is 3.23. The molecule has 0 spiro atoms. The van der Waals surface area contributed by atoms with Crippen LogP contribution in [0.15, 0.2) is 48.5 Å². The lowest BCUT2D eigenvalue weighted by atomic mass is 10.2. The number of para-hydroxylation sites is 1. The first-order chi connectivity index (χ1) is 13.7. The minimum Gasteiger partial charge on any atom is -0.493 e. The molecule has 28 heavy (non-hydrogen) atoms. The SMILES string of the molecule is COc1ccc(COC[C@H](O)CN2CCN(c3ccccc3)CC2)cc1OC. The number of aliphatic hydroxyl groups is 1. The predicted octanol–water partition coefficient (Wildman–Crippen LogP) is 2.40. The number of β-amino-alcohol motifs (C(OH)–C–C–N with tert-alkyl or cyclic N) is 1. The maximum absolute atomic E-state index is 10.3. The van der Waals surface area contributed by atoms with Crippen LogP contribution in [0.3, 0.4) is 0 Å². The number of benzene rings is 2. The highest BCUT2D eigenvalue weighted by Crippen LogP contribution is 2.27. The van der Waals surface area contributed by atoms with E-state index < -0.39 is 6.10 Å². The highest BCUT2D eigenvalue weighted by Gasteiger charge is 2.19. The number of rotatable bonds is 9. The van der Waals surface area contributed by atoms with Crippen molar-refractivity contribution >= 4 is 5.69 Å². The molecule has 1 N–H and O–H groups in total. The van der Waals surface area contributed by atoms with E-state index in [0.717, 1.165) is 31.7 Å². The van der Waals surface area contributed by atoms with Gasteiger partial charge in [-0.1, -0.05) is 24.3 Å². The lowest BCUT2D eigenvalue weighted by Crippen LogP contribution is -2.49. The highest BCUT2D eigenvalue weighted by atomic mass is 16.5. The number of methoxy groups -OCH3 is 2. The normalized spacial score (nSPS) is 16.0. The van der Waals surface area contributed by atoms with E-state index in [9.17, 15) is 5.11 Å². The topological polar surface area (TPSA) is 54.4 Å². The molecule has 1 aliphatic heterocycles. The summed E-state index contributed by atoms with van der Waals surface area (Å²) >= 11 is 0. The van der Waals surface area contributed by atoms with Crippen LogP contribution in [-0.4, -0.2) is 69.7 Å². The summed E-state index contributed by atoms with van der Waals surface area (Å²) in [6, 6.07) is 16.2. The Balaban J connectivity index is 1.38. The molecular formula is C22H30N2O4. The van der Waals surface area contributed by atoms with E-state index in [1.807, 2.05) is 24.3 Å². The number of hydrogen-bond acceptors (Lipinski definition) is 6. The Labute approximate surface area is 167 Å². The summed E-state index contributed by atoms with van der Waals surface area (Å²) in [4.78, 5) is 4.68. The minimum atomic E-state index is -0.497. The monoisotopic (exact) mass is 386 g/mol. The van der Waals surface area contributed by atoms with Gasteiger partial charge in [-0.15, -0.1) is 0 Å². The van der Waals surface area contributed by atoms with Crippen LogP contribution >= 0.6 is 0 Å². The van der Waals surface area contributed by atoms with Crippen molar-refractivity contribution in [2.24, 2.45) is 0 Å². The van der Waals surface area contributed by atoms with Gasteiger partial charge in [0, 0.05) is 38.4 Å². The average molecular weight is 386 g/mol. The quantitative estimate of drug-likeness (QED) is 0.714. The van der Waals surface area contributed by atoms with Crippen LogP contribution in [0.25, 0.3) is 0 Å². The van der Waals surface area contributed by atoms with Crippen LogP contribution in [0.5, 0.6) is 11.5 Å². The summed E-state index contributed by atoms with van der Waals surface area (Å²) in [5.74, 6) is 1.38. The smallest absolute Gasteiger partial charge is 0.161 e. The van der Waals surface area contributed by atoms with Crippen molar-refractivity contribution in [1.29, 1.82) is 0 Å². The van der Waals surface area contributed by atoms with Crippen molar-refractivity contribution in [2.45, 2.75) is 12.7 Å².